The van der Waals surface area contributed by atoms with E-state index in [1.165, 1.54) is 54.5 Å². The molecule has 0 spiro atoms. The summed E-state index contributed by atoms with van der Waals surface area (Å²) < 4.78 is 22.8. The number of phenols is 2. The lowest BCUT2D eigenvalue weighted by Crippen LogP contribution is -2.56. The van der Waals surface area contributed by atoms with Gasteiger partial charge in [-0.05, 0) is 41.7 Å². The fraction of sp³-hybridized carbons (Fsp3) is 0.450. The second-order valence-electron chi connectivity index (χ2n) is 21.3. The largest absolute Gasteiger partial charge is 0.507 e. The maximum atomic E-state index is 14.1. The standard InChI is InChI=1S/C60H67N3O20S3/c1-4-30(25-61-45(67)16-18-84-28-38-34-12-7-5-10-32(34)33-11-6-8-13-35(33)38)57(75)62-39(21-46(68)69)41(65)20-31(58(76)77)27-86-85-19-17-81-59(78)63-40-22-47(82-29(2)52(40)70)83-43-24-60(79,44(66)26-64)23-37-49(43)56(74)51-50(54(37)72)53(71)36-14-9-15-42(80-3)48(36)55(51)73/h5-15,29-31,38-40,43,47,52,64,70,72,74,79H,4,16-28H2,1-3H3,(H,61,67)(H,62,75)(H,63,78)(H,68,69)(H,76,77)/t29?,30-,31-,39-,40?,43-,47?,52?,60-/m0/s1. The van der Waals surface area contributed by atoms with Gasteiger partial charge in [0.05, 0.1) is 66.3 Å². The summed E-state index contributed by atoms with van der Waals surface area (Å²) in [5.41, 5.74) is 0.416. The number of aromatic hydroxyl groups is 2. The molecule has 0 bridgehead atoms. The van der Waals surface area contributed by atoms with Gasteiger partial charge in [-0.15, -0.1) is 0 Å². The number of nitrogens with one attached hydrogen (secondary N) is 3. The predicted molar refractivity (Wildman–Crippen MR) is 314 cm³/mol. The second-order valence-corrected chi connectivity index (χ2v) is 25.1. The van der Waals surface area contributed by atoms with Gasteiger partial charge in [-0.25, -0.2) is 4.79 Å². The minimum Gasteiger partial charge on any atom is -0.507 e. The Morgan fingerprint density at radius 1 is 0.837 bits per heavy atom. The molecule has 0 saturated carbocycles. The Hall–Kier alpha value is -7.04. The quantitative estimate of drug-likeness (QED) is 0.0182. The molecule has 26 heteroatoms. The molecule has 1 aliphatic heterocycles. The van der Waals surface area contributed by atoms with Crippen LogP contribution in [-0.4, -0.2) is 175 Å². The number of carbonyl (C=O) groups is 9. The average molecular weight is 1250 g/mol. The molecule has 1 saturated heterocycles. The minimum absolute atomic E-state index is 0.0134. The summed E-state index contributed by atoms with van der Waals surface area (Å²) in [5, 5.41) is 83.5. The van der Waals surface area contributed by atoms with E-state index in [-0.39, 0.29) is 83.7 Å². The van der Waals surface area contributed by atoms with Crippen molar-refractivity contribution in [2.75, 3.05) is 49.9 Å². The van der Waals surface area contributed by atoms with Crippen molar-refractivity contribution < 1.29 is 97.8 Å². The zero-order valence-electron chi connectivity index (χ0n) is 47.1. The maximum absolute atomic E-state index is 14.1. The van der Waals surface area contributed by atoms with Crippen LogP contribution in [-0.2, 0) is 49.4 Å². The van der Waals surface area contributed by atoms with Crippen molar-refractivity contribution in [1.82, 2.24) is 16.0 Å². The van der Waals surface area contributed by atoms with Gasteiger partial charge in [0, 0.05) is 84.3 Å². The Labute approximate surface area is 506 Å². The second kappa shape index (κ2) is 28.6. The number of aliphatic hydroxyl groups is 3. The van der Waals surface area contributed by atoms with Crippen LogP contribution in [0.25, 0.3) is 11.1 Å². The van der Waals surface area contributed by atoms with Crippen LogP contribution in [0.5, 0.6) is 17.2 Å². The number of carboxylic acid groups (broad SMARTS) is 2. The number of alkyl carbamates (subject to hydrolysis) is 1. The summed E-state index contributed by atoms with van der Waals surface area (Å²) in [4.78, 5) is 118. The number of Topliss-reactive ketones (excluding diaryl/α,β-unsaturated/α-hetero) is 2. The normalized spacial score (nSPS) is 21.3. The van der Waals surface area contributed by atoms with Crippen molar-refractivity contribution in [3.8, 4) is 28.4 Å². The summed E-state index contributed by atoms with van der Waals surface area (Å²) in [6.07, 6.45) is -9.01. The number of fused-ring (bicyclic) bond motifs is 6. The van der Waals surface area contributed by atoms with Crippen LogP contribution in [0.3, 0.4) is 0 Å². The molecule has 4 aliphatic rings. The Kier molecular flexibility index (Phi) is 21.6. The van der Waals surface area contributed by atoms with Gasteiger partial charge in [0.2, 0.25) is 17.6 Å². The van der Waals surface area contributed by atoms with E-state index >= 15 is 0 Å². The highest BCUT2D eigenvalue weighted by molar-refractivity contribution is 8.76. The average Bonchev–Trinajstić information content (AvgIpc) is 0.962. The summed E-state index contributed by atoms with van der Waals surface area (Å²) in [7, 11) is 3.41. The molecular weight excluding hydrogens is 1180 g/mol. The van der Waals surface area contributed by atoms with Gasteiger partial charge in [0.25, 0.3) is 0 Å². The number of carbonyl (C=O) groups excluding carboxylic acids is 7. The summed E-state index contributed by atoms with van der Waals surface area (Å²) >= 11 is 1.65. The monoisotopic (exact) mass is 1250 g/mol. The molecule has 1 heterocycles. The van der Waals surface area contributed by atoms with E-state index in [1.54, 1.807) is 18.7 Å². The number of hydrogen-bond donors (Lipinski definition) is 10. The van der Waals surface area contributed by atoms with E-state index in [2.05, 4.69) is 40.2 Å². The van der Waals surface area contributed by atoms with Crippen LogP contribution >= 0.6 is 33.3 Å². The number of methoxy groups -OCH3 is 1. The lowest BCUT2D eigenvalue weighted by atomic mass is 9.72. The van der Waals surface area contributed by atoms with Crippen molar-refractivity contribution in [2.24, 2.45) is 11.8 Å². The van der Waals surface area contributed by atoms with Crippen LogP contribution in [0, 0.1) is 11.8 Å². The van der Waals surface area contributed by atoms with Gasteiger partial charge in [-0.1, -0.05) is 89.2 Å². The first-order valence-corrected chi connectivity index (χ1v) is 31.5. The summed E-state index contributed by atoms with van der Waals surface area (Å²) in [6.45, 7) is 1.71. The lowest BCUT2D eigenvalue weighted by molar-refractivity contribution is -0.249. The van der Waals surface area contributed by atoms with Gasteiger partial charge in [0.15, 0.2) is 23.6 Å². The molecule has 8 rings (SSSR count). The fourth-order valence-electron chi connectivity index (χ4n) is 11.3. The van der Waals surface area contributed by atoms with E-state index in [1.807, 2.05) is 24.3 Å². The number of thioether (sulfide) groups is 1. The molecule has 9 atom stereocenters. The Morgan fingerprint density at radius 2 is 1.51 bits per heavy atom. The van der Waals surface area contributed by atoms with Crippen LogP contribution in [0.15, 0.2) is 66.7 Å². The number of rotatable bonds is 28. The first kappa shape index (κ1) is 64.9. The van der Waals surface area contributed by atoms with Gasteiger partial charge in [0.1, 0.15) is 42.2 Å². The van der Waals surface area contributed by atoms with E-state index < -0.39 is 156 Å². The van der Waals surface area contributed by atoms with E-state index in [4.69, 9.17) is 18.9 Å². The fourth-order valence-corrected chi connectivity index (χ4v) is 14.5. The lowest BCUT2D eigenvalue weighted by Gasteiger charge is -2.42. The Bertz CT molecular complexity index is 3240. The van der Waals surface area contributed by atoms with Crippen molar-refractivity contribution in [3.63, 3.8) is 0 Å². The highest BCUT2D eigenvalue weighted by Gasteiger charge is 2.51. The Balaban J connectivity index is 0.791. The zero-order chi connectivity index (χ0) is 62.1. The molecule has 0 aromatic heterocycles. The van der Waals surface area contributed by atoms with Crippen molar-refractivity contribution in [1.29, 1.82) is 0 Å². The van der Waals surface area contributed by atoms with E-state index in [0.29, 0.717) is 5.75 Å². The molecule has 23 nitrogen and oxygen atoms in total. The van der Waals surface area contributed by atoms with Crippen molar-refractivity contribution >= 4 is 86.3 Å². The third kappa shape index (κ3) is 14.3. The number of amides is 3. The molecule has 4 aromatic rings. The van der Waals surface area contributed by atoms with Crippen LogP contribution in [0.4, 0.5) is 4.79 Å². The molecule has 86 heavy (non-hydrogen) atoms. The van der Waals surface area contributed by atoms with Gasteiger partial charge >= 0.3 is 18.0 Å². The van der Waals surface area contributed by atoms with E-state index in [0.717, 1.165) is 27.3 Å². The smallest absolute Gasteiger partial charge is 0.407 e. The molecule has 460 valence electrons. The van der Waals surface area contributed by atoms with Crippen LogP contribution in [0.2, 0.25) is 0 Å². The van der Waals surface area contributed by atoms with E-state index in [9.17, 15) is 78.9 Å². The minimum atomic E-state index is -2.43. The number of ketones is 4. The van der Waals surface area contributed by atoms with Gasteiger partial charge < -0.3 is 70.6 Å². The Morgan fingerprint density at radius 3 is 2.16 bits per heavy atom. The first-order chi connectivity index (χ1) is 41.1. The third-order valence-electron chi connectivity index (χ3n) is 15.8. The molecule has 0 radical (unpaired) electrons. The third-order valence-corrected chi connectivity index (χ3v) is 19.3. The van der Waals surface area contributed by atoms with Crippen LogP contribution in [0.1, 0.15) is 118 Å². The number of carboxylic acids is 2. The highest BCUT2D eigenvalue weighted by atomic mass is 33.1. The highest BCUT2D eigenvalue weighted by Crippen LogP contribution is 2.53. The molecule has 1 fully saturated rings. The first-order valence-electron chi connectivity index (χ1n) is 27.8. The molecule has 3 aliphatic carbocycles. The SMILES string of the molecule is CC[C@@H](CNC(=O)CCSCC1c2ccccc2-c2ccccc21)C(=O)N[C@@H](CC(=O)O)C(=O)C[C@@H](CSSCCOC(=O)NC1CC(O[C@H]2C[C@](O)(C(=O)CO)Cc3c(O)c4c(c(O)c32)C(=O)c2c(OC)cccc2C4=O)OC(C)C1O)C(=O)O. The predicted octanol–water partition coefficient (Wildman–Crippen LogP) is 4.85. The molecule has 3 amide bonds. The number of aliphatic carboxylic acids is 2. The molecule has 4 unspecified atom stereocenters. The number of ether oxygens (including phenoxy) is 4. The number of benzene rings is 4. The summed E-state index contributed by atoms with van der Waals surface area (Å²) in [6, 6.07) is 18.1. The number of phenolic OH excluding ortho intramolecular Hbond substituents is 2. The molecule has 10 N–H and O–H groups in total. The topological polar surface area (TPSA) is 368 Å². The van der Waals surface area contributed by atoms with Gasteiger partial charge in [-0.3, -0.25) is 38.4 Å². The molecular formula is C60H67N3O20S3. The number of aliphatic hydroxyl groups excluding tert-OH is 2. The van der Waals surface area contributed by atoms with Crippen molar-refractivity contribution in [3.05, 3.63) is 111 Å². The summed E-state index contributed by atoms with van der Waals surface area (Å²) in [5.74, 6) is -9.61. The zero-order valence-corrected chi connectivity index (χ0v) is 49.6. The van der Waals surface area contributed by atoms with Crippen LogP contribution < -0.4 is 20.7 Å². The maximum Gasteiger partial charge on any atom is 0.407 e. The number of hydrogen-bond acceptors (Lipinski definition) is 21. The molecule has 4 aromatic carbocycles. The van der Waals surface area contributed by atoms with Crippen molar-refractivity contribution in [2.45, 2.75) is 107 Å². The van der Waals surface area contributed by atoms with Gasteiger partial charge in [-0.2, -0.15) is 11.8 Å².